The maximum Gasteiger partial charge on any atom is 0.332 e. The van der Waals surface area contributed by atoms with E-state index in [0.717, 1.165) is 19.3 Å². The van der Waals surface area contributed by atoms with E-state index in [2.05, 4.69) is 17.6 Å². The zero-order chi connectivity index (χ0) is 13.8. The summed E-state index contributed by atoms with van der Waals surface area (Å²) in [7, 11) is 0. The molecule has 1 heterocycles. The summed E-state index contributed by atoms with van der Waals surface area (Å²) < 4.78 is 5.32. The second-order valence-corrected chi connectivity index (χ2v) is 5.63. The number of aliphatic carboxylic acids is 1. The minimum Gasteiger partial charge on any atom is -0.479 e. The predicted molar refractivity (Wildman–Crippen MR) is 68.9 cm³/mol. The van der Waals surface area contributed by atoms with Gasteiger partial charge in [0.15, 0.2) is 6.10 Å². The normalized spacial score (nSPS) is 34.2. The van der Waals surface area contributed by atoms with E-state index < -0.39 is 12.1 Å². The summed E-state index contributed by atoms with van der Waals surface area (Å²) in [6.07, 6.45) is 3.53. The molecule has 4 atom stereocenters. The van der Waals surface area contributed by atoms with E-state index in [-0.39, 0.29) is 18.2 Å². The number of rotatable bonds is 4. The second kappa shape index (κ2) is 6.23. The quantitative estimate of drug-likeness (QED) is 0.714. The molecule has 1 saturated heterocycles. The van der Waals surface area contributed by atoms with Gasteiger partial charge in [0.05, 0.1) is 6.10 Å². The van der Waals surface area contributed by atoms with Crippen LogP contribution < -0.4 is 10.6 Å². The van der Waals surface area contributed by atoms with E-state index in [1.54, 1.807) is 0 Å². The molecule has 0 aromatic heterocycles. The van der Waals surface area contributed by atoms with Crippen molar-refractivity contribution in [3.05, 3.63) is 0 Å². The molecule has 0 spiro atoms. The molecule has 2 rings (SSSR count). The first kappa shape index (κ1) is 14.1. The molecular weight excluding hydrogens is 248 g/mol. The largest absolute Gasteiger partial charge is 0.479 e. The average Bonchev–Trinajstić information content (AvgIpc) is 2.96. The van der Waals surface area contributed by atoms with Gasteiger partial charge in [-0.15, -0.1) is 0 Å². The van der Waals surface area contributed by atoms with Crippen LogP contribution in [0.1, 0.15) is 39.0 Å². The van der Waals surface area contributed by atoms with Gasteiger partial charge in [-0.3, -0.25) is 0 Å². The van der Waals surface area contributed by atoms with Gasteiger partial charge in [0.25, 0.3) is 0 Å². The van der Waals surface area contributed by atoms with Gasteiger partial charge in [-0.05, 0) is 38.0 Å². The van der Waals surface area contributed by atoms with Crippen LogP contribution in [0.3, 0.4) is 0 Å². The Morgan fingerprint density at radius 3 is 2.63 bits per heavy atom. The highest BCUT2D eigenvalue weighted by molar-refractivity contribution is 5.74. The predicted octanol–water partition coefficient (Wildman–Crippen LogP) is 1.11. The van der Waals surface area contributed by atoms with E-state index in [0.29, 0.717) is 25.3 Å². The lowest BCUT2D eigenvalue weighted by molar-refractivity contribution is -0.149. The molecule has 2 fully saturated rings. The number of nitrogens with one attached hydrogen (secondary N) is 2. The highest BCUT2D eigenvalue weighted by Crippen LogP contribution is 2.24. The van der Waals surface area contributed by atoms with Crippen molar-refractivity contribution in [3.63, 3.8) is 0 Å². The molecule has 6 nitrogen and oxygen atoms in total. The van der Waals surface area contributed by atoms with Crippen molar-refractivity contribution in [2.24, 2.45) is 5.92 Å². The molecule has 0 radical (unpaired) electrons. The monoisotopic (exact) mass is 270 g/mol. The lowest BCUT2D eigenvalue weighted by Gasteiger charge is -2.16. The number of carboxylic acid groups (broad SMARTS) is 1. The van der Waals surface area contributed by atoms with Gasteiger partial charge in [0, 0.05) is 12.6 Å². The summed E-state index contributed by atoms with van der Waals surface area (Å²) in [5, 5.41) is 14.5. The average molecular weight is 270 g/mol. The lowest BCUT2D eigenvalue weighted by Crippen LogP contribution is -2.43. The van der Waals surface area contributed by atoms with E-state index in [1.807, 2.05) is 0 Å². The maximum atomic E-state index is 11.7. The number of urea groups is 1. The van der Waals surface area contributed by atoms with Crippen molar-refractivity contribution < 1.29 is 19.4 Å². The zero-order valence-corrected chi connectivity index (χ0v) is 11.2. The number of carbonyl (C=O) groups excluding carboxylic acids is 1. The molecule has 4 unspecified atom stereocenters. The smallest absolute Gasteiger partial charge is 0.332 e. The molecule has 1 aliphatic heterocycles. The number of carboxylic acids is 1. The van der Waals surface area contributed by atoms with Crippen molar-refractivity contribution in [2.75, 3.05) is 6.54 Å². The van der Waals surface area contributed by atoms with Crippen LogP contribution in [0.4, 0.5) is 4.79 Å². The van der Waals surface area contributed by atoms with Gasteiger partial charge in [0.1, 0.15) is 0 Å². The Bertz CT molecular complexity index is 348. The number of carbonyl (C=O) groups is 2. The molecule has 0 aromatic carbocycles. The van der Waals surface area contributed by atoms with Crippen LogP contribution in [-0.2, 0) is 9.53 Å². The van der Waals surface area contributed by atoms with Crippen LogP contribution in [0.15, 0.2) is 0 Å². The highest BCUT2D eigenvalue weighted by atomic mass is 16.5. The standard InChI is InChI=1S/C13H22N2O4/c1-8-2-3-9(6-8)15-13(18)14-7-10-4-5-11(19-10)12(16)17/h8-11H,2-7H2,1H3,(H,16,17)(H2,14,15,18). The van der Waals surface area contributed by atoms with E-state index in [4.69, 9.17) is 9.84 Å². The SMILES string of the molecule is CC1CCC(NC(=O)NCC2CCC(C(=O)O)O2)C1. The molecule has 1 saturated carbocycles. The lowest BCUT2D eigenvalue weighted by atomic mass is 10.1. The minimum absolute atomic E-state index is 0.179. The highest BCUT2D eigenvalue weighted by Gasteiger charge is 2.30. The summed E-state index contributed by atoms with van der Waals surface area (Å²) in [5.41, 5.74) is 0. The first-order valence-corrected chi connectivity index (χ1v) is 6.97. The fourth-order valence-electron chi connectivity index (χ4n) is 2.82. The molecule has 19 heavy (non-hydrogen) atoms. The third kappa shape index (κ3) is 4.09. The first-order chi connectivity index (χ1) is 9.04. The van der Waals surface area contributed by atoms with Crippen LogP contribution in [0.25, 0.3) is 0 Å². The summed E-state index contributed by atoms with van der Waals surface area (Å²) in [6.45, 7) is 2.57. The number of ether oxygens (including phenoxy) is 1. The Morgan fingerprint density at radius 1 is 1.26 bits per heavy atom. The number of amides is 2. The van der Waals surface area contributed by atoms with E-state index in [1.165, 1.54) is 0 Å². The molecule has 2 aliphatic rings. The van der Waals surface area contributed by atoms with E-state index in [9.17, 15) is 9.59 Å². The molecule has 0 bridgehead atoms. The Hall–Kier alpha value is -1.30. The van der Waals surface area contributed by atoms with Gasteiger partial charge >= 0.3 is 12.0 Å². The molecule has 0 aromatic rings. The topological polar surface area (TPSA) is 87.7 Å². The summed E-state index contributed by atoms with van der Waals surface area (Å²) in [4.78, 5) is 22.4. The van der Waals surface area contributed by atoms with Crippen molar-refractivity contribution >= 4 is 12.0 Å². The number of hydrogen-bond acceptors (Lipinski definition) is 3. The fraction of sp³-hybridized carbons (Fsp3) is 0.846. The minimum atomic E-state index is -0.924. The Kier molecular flexibility index (Phi) is 4.63. The van der Waals surface area contributed by atoms with Crippen LogP contribution in [0.5, 0.6) is 0 Å². The third-order valence-corrected chi connectivity index (χ3v) is 3.90. The van der Waals surface area contributed by atoms with Crippen molar-refractivity contribution in [1.82, 2.24) is 10.6 Å². The third-order valence-electron chi connectivity index (χ3n) is 3.90. The molecular formula is C13H22N2O4. The molecule has 2 amide bonds. The van der Waals surface area contributed by atoms with Crippen LogP contribution in [0.2, 0.25) is 0 Å². The Balaban J connectivity index is 1.63. The van der Waals surface area contributed by atoms with Crippen molar-refractivity contribution in [2.45, 2.75) is 57.3 Å². The van der Waals surface area contributed by atoms with Gasteiger partial charge in [-0.1, -0.05) is 6.92 Å². The van der Waals surface area contributed by atoms with Gasteiger partial charge in [0.2, 0.25) is 0 Å². The molecule has 1 aliphatic carbocycles. The Labute approximate surface area is 112 Å². The van der Waals surface area contributed by atoms with Crippen LogP contribution in [-0.4, -0.2) is 41.9 Å². The Morgan fingerprint density at radius 2 is 2.05 bits per heavy atom. The zero-order valence-electron chi connectivity index (χ0n) is 11.2. The summed E-state index contributed by atoms with van der Waals surface area (Å²) >= 11 is 0. The summed E-state index contributed by atoms with van der Waals surface area (Å²) in [5.74, 6) is -0.244. The van der Waals surface area contributed by atoms with Crippen molar-refractivity contribution in [1.29, 1.82) is 0 Å². The second-order valence-electron chi connectivity index (χ2n) is 5.63. The first-order valence-electron chi connectivity index (χ1n) is 6.97. The van der Waals surface area contributed by atoms with Crippen LogP contribution >= 0.6 is 0 Å². The maximum absolute atomic E-state index is 11.7. The molecule has 3 N–H and O–H groups in total. The van der Waals surface area contributed by atoms with Gasteiger partial charge in [-0.25, -0.2) is 9.59 Å². The van der Waals surface area contributed by atoms with E-state index >= 15 is 0 Å². The number of hydrogen-bond donors (Lipinski definition) is 3. The van der Waals surface area contributed by atoms with Crippen molar-refractivity contribution in [3.8, 4) is 0 Å². The van der Waals surface area contributed by atoms with Gasteiger partial charge in [-0.2, -0.15) is 0 Å². The molecule has 108 valence electrons. The fourth-order valence-corrected chi connectivity index (χ4v) is 2.82. The summed E-state index contributed by atoms with van der Waals surface area (Å²) in [6, 6.07) is 0.0905. The van der Waals surface area contributed by atoms with Crippen LogP contribution in [0, 0.1) is 5.92 Å². The van der Waals surface area contributed by atoms with Gasteiger partial charge < -0.3 is 20.5 Å². The molecule has 6 heteroatoms.